The second kappa shape index (κ2) is 4.59. The van der Waals surface area contributed by atoms with Crippen LogP contribution in [0.5, 0.6) is 0 Å². The Morgan fingerprint density at radius 1 is 1.67 bits per heavy atom. The van der Waals surface area contributed by atoms with Gasteiger partial charge in [-0.15, -0.1) is 0 Å². The number of hydrogen-bond acceptors (Lipinski definition) is 4. The van der Waals surface area contributed by atoms with Crippen molar-refractivity contribution in [3.63, 3.8) is 0 Å². The van der Waals surface area contributed by atoms with Crippen LogP contribution in [0.4, 0.5) is 0 Å². The van der Waals surface area contributed by atoms with Crippen molar-refractivity contribution in [2.24, 2.45) is 5.92 Å². The highest BCUT2D eigenvalue weighted by Crippen LogP contribution is 2.01. The molecule has 15 heavy (non-hydrogen) atoms. The Morgan fingerprint density at radius 2 is 2.33 bits per heavy atom. The van der Waals surface area contributed by atoms with Crippen LogP contribution in [-0.2, 0) is 4.79 Å². The SMILES string of the molecule is Cc1cnc(C(=O)NCC(C)C(=O)O)o1. The minimum absolute atomic E-state index is 0.0508. The Labute approximate surface area is 86.3 Å². The third-order valence-corrected chi connectivity index (χ3v) is 1.81. The van der Waals surface area contributed by atoms with Crippen molar-refractivity contribution in [2.45, 2.75) is 13.8 Å². The fraction of sp³-hybridized carbons (Fsp3) is 0.444. The van der Waals surface area contributed by atoms with Gasteiger partial charge in [0.15, 0.2) is 0 Å². The van der Waals surface area contributed by atoms with E-state index in [1.54, 1.807) is 6.92 Å². The van der Waals surface area contributed by atoms with Crippen molar-refractivity contribution in [3.05, 3.63) is 17.8 Å². The van der Waals surface area contributed by atoms with Gasteiger partial charge in [-0.3, -0.25) is 9.59 Å². The molecule has 0 saturated carbocycles. The molecular formula is C9H12N2O4. The number of nitrogens with one attached hydrogen (secondary N) is 1. The Kier molecular flexibility index (Phi) is 3.43. The summed E-state index contributed by atoms with van der Waals surface area (Å²) in [6.07, 6.45) is 1.43. The zero-order chi connectivity index (χ0) is 11.4. The number of carboxylic acids is 1. The van der Waals surface area contributed by atoms with E-state index in [9.17, 15) is 9.59 Å². The second-order valence-electron chi connectivity index (χ2n) is 3.23. The van der Waals surface area contributed by atoms with Crippen molar-refractivity contribution in [2.75, 3.05) is 6.54 Å². The predicted octanol–water partition coefficient (Wildman–Crippen LogP) is 0.434. The van der Waals surface area contributed by atoms with Crippen LogP contribution >= 0.6 is 0 Å². The number of amides is 1. The molecule has 1 unspecified atom stereocenters. The molecule has 1 aromatic heterocycles. The Hall–Kier alpha value is -1.85. The zero-order valence-corrected chi connectivity index (χ0v) is 8.48. The van der Waals surface area contributed by atoms with Gasteiger partial charge in [0.05, 0.1) is 12.1 Å². The molecular weight excluding hydrogens is 200 g/mol. The lowest BCUT2D eigenvalue weighted by molar-refractivity contribution is -0.140. The number of carbonyl (C=O) groups excluding carboxylic acids is 1. The fourth-order valence-corrected chi connectivity index (χ4v) is 0.868. The van der Waals surface area contributed by atoms with E-state index in [1.807, 2.05) is 0 Å². The first-order valence-corrected chi connectivity index (χ1v) is 4.44. The number of rotatable bonds is 4. The van der Waals surface area contributed by atoms with Gasteiger partial charge < -0.3 is 14.8 Å². The van der Waals surface area contributed by atoms with Gasteiger partial charge >= 0.3 is 11.9 Å². The molecule has 0 aliphatic heterocycles. The summed E-state index contributed by atoms with van der Waals surface area (Å²) in [5, 5.41) is 11.0. The molecule has 1 rings (SSSR count). The second-order valence-corrected chi connectivity index (χ2v) is 3.23. The first-order chi connectivity index (χ1) is 7.00. The van der Waals surface area contributed by atoms with Gasteiger partial charge in [0.25, 0.3) is 5.89 Å². The summed E-state index contributed by atoms with van der Waals surface area (Å²) in [6, 6.07) is 0. The van der Waals surface area contributed by atoms with E-state index in [0.717, 1.165) is 0 Å². The molecule has 2 N–H and O–H groups in total. The summed E-state index contributed by atoms with van der Waals surface area (Å²) in [7, 11) is 0. The number of aryl methyl sites for hydroxylation is 1. The highest BCUT2D eigenvalue weighted by molar-refractivity contribution is 5.89. The summed E-state index contributed by atoms with van der Waals surface area (Å²) >= 11 is 0. The van der Waals surface area contributed by atoms with E-state index in [2.05, 4.69) is 10.3 Å². The molecule has 0 radical (unpaired) electrons. The van der Waals surface area contributed by atoms with Crippen molar-refractivity contribution in [1.82, 2.24) is 10.3 Å². The Bertz CT molecular complexity index is 372. The summed E-state index contributed by atoms with van der Waals surface area (Å²) in [5.74, 6) is -1.61. The van der Waals surface area contributed by atoms with Crippen LogP contribution in [0.2, 0.25) is 0 Å². The van der Waals surface area contributed by atoms with Gasteiger partial charge in [-0.2, -0.15) is 0 Å². The maximum Gasteiger partial charge on any atom is 0.308 e. The lowest BCUT2D eigenvalue weighted by Crippen LogP contribution is -2.31. The van der Waals surface area contributed by atoms with Crippen molar-refractivity contribution < 1.29 is 19.1 Å². The van der Waals surface area contributed by atoms with Crippen LogP contribution in [0, 0.1) is 12.8 Å². The summed E-state index contributed by atoms with van der Waals surface area (Å²) < 4.78 is 4.97. The summed E-state index contributed by atoms with van der Waals surface area (Å²) in [5.41, 5.74) is 0. The number of carboxylic acid groups (broad SMARTS) is 1. The number of carbonyl (C=O) groups is 2. The third kappa shape index (κ3) is 3.08. The first kappa shape index (κ1) is 11.2. The number of oxazole rings is 1. The van der Waals surface area contributed by atoms with Crippen molar-refractivity contribution in [1.29, 1.82) is 0 Å². The summed E-state index contributed by atoms with van der Waals surface area (Å²) in [4.78, 5) is 25.5. The third-order valence-electron chi connectivity index (χ3n) is 1.81. The maximum atomic E-state index is 11.3. The van der Waals surface area contributed by atoms with E-state index in [1.165, 1.54) is 13.1 Å². The molecule has 1 heterocycles. The molecule has 6 heteroatoms. The van der Waals surface area contributed by atoms with Gasteiger partial charge in [0, 0.05) is 6.54 Å². The zero-order valence-electron chi connectivity index (χ0n) is 8.48. The van der Waals surface area contributed by atoms with Crippen LogP contribution in [0.1, 0.15) is 23.4 Å². The van der Waals surface area contributed by atoms with E-state index in [-0.39, 0.29) is 12.4 Å². The minimum atomic E-state index is -0.959. The summed E-state index contributed by atoms with van der Waals surface area (Å²) in [6.45, 7) is 3.22. The molecule has 82 valence electrons. The van der Waals surface area contributed by atoms with Gasteiger partial charge in [0.2, 0.25) is 0 Å². The number of aromatic nitrogens is 1. The molecule has 0 aliphatic rings. The first-order valence-electron chi connectivity index (χ1n) is 4.44. The van der Waals surface area contributed by atoms with Crippen LogP contribution in [0.25, 0.3) is 0 Å². The lowest BCUT2D eigenvalue weighted by atomic mass is 10.2. The average Bonchev–Trinajstić information content (AvgIpc) is 2.60. The maximum absolute atomic E-state index is 11.3. The van der Waals surface area contributed by atoms with Gasteiger partial charge in [-0.1, -0.05) is 6.92 Å². The van der Waals surface area contributed by atoms with Gasteiger partial charge in [0.1, 0.15) is 5.76 Å². The Morgan fingerprint density at radius 3 is 2.80 bits per heavy atom. The van der Waals surface area contributed by atoms with Crippen molar-refractivity contribution >= 4 is 11.9 Å². The molecule has 1 amide bonds. The van der Waals surface area contributed by atoms with E-state index >= 15 is 0 Å². The molecule has 0 bridgehead atoms. The number of nitrogens with zero attached hydrogens (tertiary/aromatic N) is 1. The molecule has 0 aromatic carbocycles. The Balaban J connectivity index is 2.47. The predicted molar refractivity (Wildman–Crippen MR) is 50.4 cm³/mol. The fourth-order valence-electron chi connectivity index (χ4n) is 0.868. The molecule has 0 spiro atoms. The highest BCUT2D eigenvalue weighted by Gasteiger charge is 2.15. The van der Waals surface area contributed by atoms with Crippen LogP contribution in [0.15, 0.2) is 10.6 Å². The van der Waals surface area contributed by atoms with E-state index < -0.39 is 17.8 Å². The molecule has 0 aliphatic carbocycles. The van der Waals surface area contributed by atoms with Crippen molar-refractivity contribution in [3.8, 4) is 0 Å². The minimum Gasteiger partial charge on any atom is -0.481 e. The lowest BCUT2D eigenvalue weighted by Gasteiger charge is -2.05. The largest absolute Gasteiger partial charge is 0.481 e. The number of aliphatic carboxylic acids is 1. The van der Waals surface area contributed by atoms with Crippen LogP contribution in [-0.4, -0.2) is 28.5 Å². The quantitative estimate of drug-likeness (QED) is 0.755. The van der Waals surface area contributed by atoms with Gasteiger partial charge in [-0.25, -0.2) is 4.98 Å². The molecule has 0 saturated heterocycles. The molecule has 1 atom stereocenters. The molecule has 6 nitrogen and oxygen atoms in total. The monoisotopic (exact) mass is 212 g/mol. The molecule has 0 fully saturated rings. The van der Waals surface area contributed by atoms with Crippen LogP contribution in [0.3, 0.4) is 0 Å². The normalized spacial score (nSPS) is 12.1. The van der Waals surface area contributed by atoms with Crippen LogP contribution < -0.4 is 5.32 Å². The smallest absolute Gasteiger partial charge is 0.308 e. The number of hydrogen-bond donors (Lipinski definition) is 2. The standard InChI is InChI=1S/C9H12N2O4/c1-5(9(13)14)3-10-7(12)8-11-4-6(2)15-8/h4-5H,3H2,1-2H3,(H,10,12)(H,13,14). The van der Waals surface area contributed by atoms with Gasteiger partial charge in [-0.05, 0) is 6.92 Å². The van der Waals surface area contributed by atoms with E-state index in [4.69, 9.17) is 9.52 Å². The van der Waals surface area contributed by atoms with E-state index in [0.29, 0.717) is 5.76 Å². The average molecular weight is 212 g/mol. The molecule has 1 aromatic rings. The highest BCUT2D eigenvalue weighted by atomic mass is 16.4. The topological polar surface area (TPSA) is 92.4 Å².